The van der Waals surface area contributed by atoms with Gasteiger partial charge in [-0.15, -0.1) is 0 Å². The first kappa shape index (κ1) is 13.0. The second-order valence-corrected chi connectivity index (χ2v) is 2.46. The Morgan fingerprint density at radius 3 is 2.07 bits per heavy atom. The van der Waals surface area contributed by atoms with Crippen molar-refractivity contribution in [2.45, 2.75) is 13.5 Å². The van der Waals surface area contributed by atoms with Gasteiger partial charge in [0.05, 0.1) is 6.54 Å². The summed E-state index contributed by atoms with van der Waals surface area (Å²) in [5.41, 5.74) is 1.03. The molecular formula is C11H12N2O2. The fourth-order valence-electron chi connectivity index (χ4n) is 0.772. The van der Waals surface area contributed by atoms with Gasteiger partial charge < -0.3 is 0 Å². The maximum atomic E-state index is 9.69. The van der Waals surface area contributed by atoms with Gasteiger partial charge in [-0.3, -0.25) is 0 Å². The molecule has 0 aliphatic rings. The van der Waals surface area contributed by atoms with Gasteiger partial charge in [0, 0.05) is 6.54 Å². The van der Waals surface area contributed by atoms with Crippen molar-refractivity contribution in [3.8, 4) is 0 Å². The van der Waals surface area contributed by atoms with Crippen molar-refractivity contribution in [3.63, 3.8) is 0 Å². The molecule has 4 heteroatoms. The summed E-state index contributed by atoms with van der Waals surface area (Å²) in [7, 11) is 0. The first-order valence-electron chi connectivity index (χ1n) is 4.46. The van der Waals surface area contributed by atoms with Gasteiger partial charge in [0.25, 0.3) is 0 Å². The third kappa shape index (κ3) is 8.31. The van der Waals surface area contributed by atoms with E-state index >= 15 is 0 Å². The van der Waals surface area contributed by atoms with E-state index in [1.807, 2.05) is 30.3 Å². The van der Waals surface area contributed by atoms with Crippen molar-refractivity contribution in [1.82, 2.24) is 0 Å². The van der Waals surface area contributed by atoms with E-state index in [4.69, 9.17) is 4.79 Å². The molecule has 0 heterocycles. The van der Waals surface area contributed by atoms with Crippen LogP contribution in [0.1, 0.15) is 12.5 Å². The molecule has 0 atom stereocenters. The van der Waals surface area contributed by atoms with E-state index in [2.05, 4.69) is 9.98 Å². The lowest BCUT2D eigenvalue weighted by molar-refractivity contribution is 0.562. The molecule has 15 heavy (non-hydrogen) atoms. The van der Waals surface area contributed by atoms with Crippen LogP contribution in [0.4, 0.5) is 0 Å². The molecule has 0 bridgehead atoms. The number of aliphatic imine (C=N–C) groups is 2. The maximum absolute atomic E-state index is 9.69. The molecule has 0 spiro atoms. The summed E-state index contributed by atoms with van der Waals surface area (Å²) in [5.74, 6) is 0. The average molecular weight is 204 g/mol. The van der Waals surface area contributed by atoms with Gasteiger partial charge >= 0.3 is 0 Å². The zero-order chi connectivity index (χ0) is 11.4. The number of benzene rings is 1. The summed E-state index contributed by atoms with van der Waals surface area (Å²) in [5, 5.41) is 0. The van der Waals surface area contributed by atoms with Gasteiger partial charge in [0.15, 0.2) is 0 Å². The lowest BCUT2D eigenvalue weighted by atomic mass is 10.2. The zero-order valence-corrected chi connectivity index (χ0v) is 8.51. The van der Waals surface area contributed by atoms with Crippen LogP contribution in [-0.2, 0) is 16.1 Å². The molecule has 0 N–H and O–H groups in total. The number of carbonyl (C=O) groups excluding carboxylic acids is 2. The molecule has 0 aromatic heterocycles. The highest BCUT2D eigenvalue weighted by atomic mass is 16.1. The van der Waals surface area contributed by atoms with E-state index in [9.17, 15) is 4.79 Å². The standard InChI is InChI=1S/C8H7NO.C3H5NO/c10-7-9-6-8-4-2-1-3-5-8;1-2-4-3-5/h1-5H,6H2;2H2,1H3. The van der Waals surface area contributed by atoms with Gasteiger partial charge in [0.1, 0.15) is 0 Å². The van der Waals surface area contributed by atoms with E-state index in [0.29, 0.717) is 13.1 Å². The lowest BCUT2D eigenvalue weighted by Crippen LogP contribution is -1.77. The molecule has 0 radical (unpaired) electrons. The Morgan fingerprint density at radius 2 is 1.67 bits per heavy atom. The monoisotopic (exact) mass is 204 g/mol. The molecule has 0 fully saturated rings. The fraction of sp³-hybridized carbons (Fsp3) is 0.273. The molecule has 0 aliphatic heterocycles. The molecule has 1 aromatic carbocycles. The van der Waals surface area contributed by atoms with Crippen LogP contribution in [0.3, 0.4) is 0 Å². The lowest BCUT2D eigenvalue weighted by Gasteiger charge is -1.89. The van der Waals surface area contributed by atoms with Gasteiger partial charge in [0.2, 0.25) is 12.2 Å². The van der Waals surface area contributed by atoms with Crippen molar-refractivity contribution < 1.29 is 9.59 Å². The molecule has 1 aromatic rings. The SMILES string of the molecule is CCN=C=O.O=C=NCc1ccccc1. The Labute approximate surface area is 88.4 Å². The Hall–Kier alpha value is -2.02. The van der Waals surface area contributed by atoms with Crippen molar-refractivity contribution in [1.29, 1.82) is 0 Å². The van der Waals surface area contributed by atoms with E-state index in [1.165, 1.54) is 12.2 Å². The van der Waals surface area contributed by atoms with Crippen LogP contribution in [0, 0.1) is 0 Å². The molecule has 1 rings (SSSR count). The van der Waals surface area contributed by atoms with Crippen molar-refractivity contribution in [2.75, 3.05) is 6.54 Å². The molecule has 0 amide bonds. The number of nitrogens with zero attached hydrogens (tertiary/aromatic N) is 2. The Balaban J connectivity index is 0.000000336. The second kappa shape index (κ2) is 10.1. The molecule has 78 valence electrons. The van der Waals surface area contributed by atoms with Crippen molar-refractivity contribution >= 4 is 12.2 Å². The summed E-state index contributed by atoms with van der Waals surface area (Å²) in [6, 6.07) is 9.58. The van der Waals surface area contributed by atoms with E-state index in [0.717, 1.165) is 5.56 Å². The predicted molar refractivity (Wildman–Crippen MR) is 56.9 cm³/mol. The molecule has 0 aliphatic carbocycles. The average Bonchev–Trinajstić information content (AvgIpc) is 2.30. The summed E-state index contributed by atoms with van der Waals surface area (Å²) in [6.45, 7) is 2.76. The minimum atomic E-state index is 0.435. The normalized spacial score (nSPS) is 7.53. The van der Waals surface area contributed by atoms with Crippen LogP contribution >= 0.6 is 0 Å². The highest BCUT2D eigenvalue weighted by molar-refractivity contribution is 5.33. The largest absolute Gasteiger partial charge is 0.235 e. The Kier molecular flexibility index (Phi) is 8.71. The topological polar surface area (TPSA) is 58.9 Å². The summed E-state index contributed by atoms with van der Waals surface area (Å²) < 4.78 is 0. The third-order valence-corrected chi connectivity index (χ3v) is 1.39. The van der Waals surface area contributed by atoms with Crippen LogP contribution < -0.4 is 0 Å². The predicted octanol–water partition coefficient (Wildman–Crippen LogP) is 1.86. The molecule has 0 saturated heterocycles. The Bertz CT molecular complexity index is 350. The molecule has 0 saturated carbocycles. The van der Waals surface area contributed by atoms with Crippen LogP contribution in [0.5, 0.6) is 0 Å². The summed E-state index contributed by atoms with van der Waals surface area (Å²) in [4.78, 5) is 25.4. The van der Waals surface area contributed by atoms with Crippen molar-refractivity contribution in [2.24, 2.45) is 9.98 Å². The van der Waals surface area contributed by atoms with E-state index < -0.39 is 0 Å². The second-order valence-electron chi connectivity index (χ2n) is 2.46. The smallest absolute Gasteiger partial charge is 0.211 e. The number of hydrogen-bond acceptors (Lipinski definition) is 4. The highest BCUT2D eigenvalue weighted by Gasteiger charge is 1.84. The Morgan fingerprint density at radius 1 is 1.07 bits per heavy atom. The minimum absolute atomic E-state index is 0.435. The summed E-state index contributed by atoms with van der Waals surface area (Å²) in [6.07, 6.45) is 2.88. The van der Waals surface area contributed by atoms with E-state index in [-0.39, 0.29) is 0 Å². The van der Waals surface area contributed by atoms with Crippen LogP contribution in [0.2, 0.25) is 0 Å². The number of rotatable bonds is 3. The highest BCUT2D eigenvalue weighted by Crippen LogP contribution is 1.98. The van der Waals surface area contributed by atoms with E-state index in [1.54, 1.807) is 6.92 Å². The van der Waals surface area contributed by atoms with Crippen molar-refractivity contribution in [3.05, 3.63) is 35.9 Å². The van der Waals surface area contributed by atoms with Gasteiger partial charge in [-0.25, -0.2) is 19.6 Å². The van der Waals surface area contributed by atoms with Gasteiger partial charge in [-0.2, -0.15) is 0 Å². The third-order valence-electron chi connectivity index (χ3n) is 1.39. The molecule has 4 nitrogen and oxygen atoms in total. The number of hydrogen-bond donors (Lipinski definition) is 0. The van der Waals surface area contributed by atoms with Crippen LogP contribution in [-0.4, -0.2) is 18.7 Å². The number of isocyanates is 2. The first-order valence-corrected chi connectivity index (χ1v) is 4.46. The van der Waals surface area contributed by atoms with Crippen LogP contribution in [0.25, 0.3) is 0 Å². The summed E-state index contributed by atoms with van der Waals surface area (Å²) >= 11 is 0. The quantitative estimate of drug-likeness (QED) is 0.557. The van der Waals surface area contributed by atoms with Gasteiger partial charge in [-0.05, 0) is 12.5 Å². The first-order chi connectivity index (χ1) is 7.35. The maximum Gasteiger partial charge on any atom is 0.235 e. The molecular weight excluding hydrogens is 192 g/mol. The zero-order valence-electron chi connectivity index (χ0n) is 8.51. The van der Waals surface area contributed by atoms with Gasteiger partial charge in [-0.1, -0.05) is 30.3 Å². The fourth-order valence-corrected chi connectivity index (χ4v) is 0.772. The molecule has 0 unspecified atom stereocenters. The van der Waals surface area contributed by atoms with Crippen LogP contribution in [0.15, 0.2) is 40.3 Å². The minimum Gasteiger partial charge on any atom is -0.211 e.